The molecule has 0 aliphatic heterocycles. The fourth-order valence-electron chi connectivity index (χ4n) is 4.37. The zero-order valence-corrected chi connectivity index (χ0v) is 16.4. The number of nitrogens with one attached hydrogen (secondary N) is 2. The first kappa shape index (κ1) is 19.8. The van der Waals surface area contributed by atoms with Crippen molar-refractivity contribution in [3.8, 4) is 5.75 Å². The van der Waals surface area contributed by atoms with Gasteiger partial charge in [0.15, 0.2) is 5.60 Å². The smallest absolute Gasteiger partial charge is 0.419 e. The van der Waals surface area contributed by atoms with Gasteiger partial charge in [0.2, 0.25) is 0 Å². The molecule has 0 unspecified atom stereocenters. The third kappa shape index (κ3) is 2.93. The number of aromatic nitrogens is 2. The Kier molecular flexibility index (Phi) is 4.29. The van der Waals surface area contributed by atoms with E-state index >= 15 is 0 Å². The zero-order valence-electron chi connectivity index (χ0n) is 15.6. The van der Waals surface area contributed by atoms with Crippen LogP contribution in [0.1, 0.15) is 37.4 Å². The Labute approximate surface area is 169 Å². The van der Waals surface area contributed by atoms with Gasteiger partial charge in [-0.3, -0.25) is 5.10 Å². The van der Waals surface area contributed by atoms with Crippen LogP contribution in [0, 0.1) is 0 Å². The molecule has 0 amide bonds. The third-order valence-corrected chi connectivity index (χ3v) is 5.92. The van der Waals surface area contributed by atoms with Gasteiger partial charge in [0.25, 0.3) is 0 Å². The Morgan fingerprint density at radius 1 is 1.24 bits per heavy atom. The Hall–Kier alpha value is -2.45. The third-order valence-electron chi connectivity index (χ3n) is 5.61. The first-order valence-electron chi connectivity index (χ1n) is 8.95. The van der Waals surface area contributed by atoms with E-state index in [1.807, 2.05) is 0 Å². The summed E-state index contributed by atoms with van der Waals surface area (Å²) in [5.41, 5.74) is -2.80. The number of aromatic hydroxyl groups is 1. The number of phenols is 1. The van der Waals surface area contributed by atoms with Crippen LogP contribution in [-0.4, -0.2) is 32.2 Å². The van der Waals surface area contributed by atoms with Crippen LogP contribution in [-0.2, 0) is 5.41 Å². The van der Waals surface area contributed by atoms with Crippen LogP contribution in [0.15, 0.2) is 36.5 Å². The number of phenolic OH excluding ortho intramolecular Hbond substituents is 1. The van der Waals surface area contributed by atoms with Crippen LogP contribution < -0.4 is 5.32 Å². The Morgan fingerprint density at radius 2 is 1.97 bits per heavy atom. The Bertz CT molecular complexity index is 1100. The minimum Gasteiger partial charge on any atom is -0.506 e. The maximum atomic E-state index is 14.2. The summed E-state index contributed by atoms with van der Waals surface area (Å²) in [5, 5.41) is 31.7. The van der Waals surface area contributed by atoms with Crippen molar-refractivity contribution in [2.24, 2.45) is 0 Å². The average Bonchev–Trinajstić information content (AvgIpc) is 3.09. The van der Waals surface area contributed by atoms with Crippen molar-refractivity contribution in [3.63, 3.8) is 0 Å². The zero-order chi connectivity index (χ0) is 21.2. The van der Waals surface area contributed by atoms with Crippen molar-refractivity contribution in [2.75, 3.05) is 5.32 Å². The molecule has 5 nitrogen and oxygen atoms in total. The van der Waals surface area contributed by atoms with E-state index in [9.17, 15) is 23.4 Å². The number of anilines is 1. The maximum absolute atomic E-state index is 14.2. The van der Waals surface area contributed by atoms with E-state index in [4.69, 9.17) is 11.6 Å². The minimum absolute atomic E-state index is 0.0463. The monoisotopic (exact) mass is 425 g/mol. The predicted octanol–water partition coefficient (Wildman–Crippen LogP) is 5.05. The second-order valence-corrected chi connectivity index (χ2v) is 8.46. The van der Waals surface area contributed by atoms with Gasteiger partial charge in [-0.05, 0) is 35.6 Å². The molecule has 0 radical (unpaired) electrons. The van der Waals surface area contributed by atoms with Crippen LogP contribution in [0.2, 0.25) is 5.02 Å². The van der Waals surface area contributed by atoms with Crippen LogP contribution in [0.4, 0.5) is 18.9 Å². The number of nitrogens with zero attached hydrogens (tertiary/aromatic N) is 1. The minimum atomic E-state index is -4.92. The summed E-state index contributed by atoms with van der Waals surface area (Å²) in [6.45, 7) is 3.09. The Balaban J connectivity index is 1.95. The number of fused-ring (bicyclic) bond motifs is 2. The fourth-order valence-corrected chi connectivity index (χ4v) is 4.52. The largest absolute Gasteiger partial charge is 0.506 e. The van der Waals surface area contributed by atoms with E-state index < -0.39 is 29.7 Å². The van der Waals surface area contributed by atoms with Crippen LogP contribution in [0.25, 0.3) is 10.9 Å². The number of alkyl halides is 3. The molecule has 0 saturated carbocycles. The summed E-state index contributed by atoms with van der Waals surface area (Å²) >= 11 is 6.04. The highest BCUT2D eigenvalue weighted by atomic mass is 35.5. The molecule has 1 aliphatic rings. The van der Waals surface area contributed by atoms with Crippen LogP contribution in [0.3, 0.4) is 0 Å². The molecular formula is C20H19ClF3N3O2. The Morgan fingerprint density at radius 3 is 2.66 bits per heavy atom. The SMILES string of the molecule is CC1(C)C[C@](O)(C(F)(F)F)[C@@H](Nc2cccc3[nH]ncc23)c2ccc(Cl)c(O)c21. The highest BCUT2D eigenvalue weighted by Gasteiger charge is 2.64. The van der Waals surface area contributed by atoms with Gasteiger partial charge in [-0.1, -0.05) is 37.6 Å². The molecule has 1 aromatic heterocycles. The van der Waals surface area contributed by atoms with E-state index in [0.29, 0.717) is 16.6 Å². The molecule has 0 fully saturated rings. The lowest BCUT2D eigenvalue weighted by Gasteiger charge is -2.49. The van der Waals surface area contributed by atoms with Crippen molar-refractivity contribution in [3.05, 3.63) is 52.7 Å². The van der Waals surface area contributed by atoms with Gasteiger partial charge in [0, 0.05) is 16.6 Å². The van der Waals surface area contributed by atoms with Gasteiger partial charge in [-0.2, -0.15) is 18.3 Å². The number of hydrogen-bond donors (Lipinski definition) is 4. The van der Waals surface area contributed by atoms with Crippen molar-refractivity contribution >= 4 is 28.2 Å². The highest BCUT2D eigenvalue weighted by molar-refractivity contribution is 6.32. The lowest BCUT2D eigenvalue weighted by atomic mass is 9.63. The molecular weight excluding hydrogens is 407 g/mol. The van der Waals surface area contributed by atoms with Gasteiger partial charge >= 0.3 is 6.18 Å². The van der Waals surface area contributed by atoms with E-state index in [1.165, 1.54) is 18.3 Å². The molecule has 9 heteroatoms. The van der Waals surface area contributed by atoms with Crippen molar-refractivity contribution in [2.45, 2.75) is 43.5 Å². The molecule has 1 heterocycles. The summed E-state index contributed by atoms with van der Waals surface area (Å²) in [6.07, 6.45) is -4.07. The molecule has 2 aromatic carbocycles. The summed E-state index contributed by atoms with van der Waals surface area (Å²) in [5.74, 6) is -0.272. The number of rotatable bonds is 2. The van der Waals surface area contributed by atoms with Crippen molar-refractivity contribution in [1.29, 1.82) is 0 Å². The second kappa shape index (κ2) is 6.27. The average molecular weight is 426 g/mol. The first-order valence-corrected chi connectivity index (χ1v) is 9.33. The lowest BCUT2D eigenvalue weighted by molar-refractivity contribution is -0.275. The van der Waals surface area contributed by atoms with E-state index in [0.717, 1.165) is 0 Å². The molecule has 4 N–H and O–H groups in total. The standard InChI is InChI=1S/C20H19ClF3N3O2/c1-18(2)9-19(29,20(22,23)24)17(10-6-7-12(21)16(28)15(10)18)26-13-4-3-5-14-11(13)8-25-27-14/h3-8,17,26,28-29H,9H2,1-2H3,(H,25,27)/t17-,19+/m0/s1. The van der Waals surface area contributed by atoms with Gasteiger partial charge in [0.05, 0.1) is 22.8 Å². The highest BCUT2D eigenvalue weighted by Crippen LogP contribution is 2.57. The summed E-state index contributed by atoms with van der Waals surface area (Å²) in [4.78, 5) is 0. The molecule has 154 valence electrons. The molecule has 3 aromatic rings. The normalized spacial score (nSPS) is 23.8. The summed E-state index contributed by atoms with van der Waals surface area (Å²) in [7, 11) is 0. The molecule has 0 bridgehead atoms. The number of hydrogen-bond acceptors (Lipinski definition) is 4. The van der Waals surface area contributed by atoms with Gasteiger partial charge in [0.1, 0.15) is 5.75 Å². The number of benzene rings is 2. The van der Waals surface area contributed by atoms with E-state index in [2.05, 4.69) is 15.5 Å². The summed E-state index contributed by atoms with van der Waals surface area (Å²) < 4.78 is 42.5. The van der Waals surface area contributed by atoms with Gasteiger partial charge < -0.3 is 15.5 Å². The van der Waals surface area contributed by atoms with Crippen molar-refractivity contribution < 1.29 is 23.4 Å². The number of H-pyrrole nitrogens is 1. The molecule has 0 spiro atoms. The van der Waals surface area contributed by atoms with Crippen LogP contribution >= 0.6 is 11.6 Å². The molecule has 4 rings (SSSR count). The molecule has 1 aliphatic carbocycles. The van der Waals surface area contributed by atoms with Gasteiger partial charge in [-0.15, -0.1) is 0 Å². The number of aromatic amines is 1. The van der Waals surface area contributed by atoms with E-state index in [-0.39, 0.29) is 21.9 Å². The number of halogens is 4. The number of aliphatic hydroxyl groups is 1. The molecule has 0 saturated heterocycles. The van der Waals surface area contributed by atoms with Crippen LogP contribution in [0.5, 0.6) is 5.75 Å². The summed E-state index contributed by atoms with van der Waals surface area (Å²) in [6, 6.07) is 6.22. The predicted molar refractivity (Wildman–Crippen MR) is 104 cm³/mol. The lowest BCUT2D eigenvalue weighted by Crippen LogP contribution is -2.58. The van der Waals surface area contributed by atoms with Crippen molar-refractivity contribution in [1.82, 2.24) is 10.2 Å². The molecule has 29 heavy (non-hydrogen) atoms. The molecule has 2 atom stereocenters. The van der Waals surface area contributed by atoms with Gasteiger partial charge in [-0.25, -0.2) is 0 Å². The second-order valence-electron chi connectivity index (χ2n) is 8.06. The topological polar surface area (TPSA) is 81.2 Å². The first-order chi connectivity index (χ1) is 13.5. The quantitative estimate of drug-likeness (QED) is 0.463. The fraction of sp³-hybridized carbons (Fsp3) is 0.350. The maximum Gasteiger partial charge on any atom is 0.419 e. The van der Waals surface area contributed by atoms with E-state index in [1.54, 1.807) is 32.0 Å².